The summed E-state index contributed by atoms with van der Waals surface area (Å²) in [7, 11) is 1.74. The van der Waals surface area contributed by atoms with E-state index in [0.717, 1.165) is 45.5 Å². The van der Waals surface area contributed by atoms with Crippen molar-refractivity contribution in [1.29, 1.82) is 0 Å². The second kappa shape index (κ2) is 8.42. The summed E-state index contributed by atoms with van der Waals surface area (Å²) in [5.74, 6) is 0. The van der Waals surface area contributed by atoms with Crippen LogP contribution in [0.15, 0.2) is 6.07 Å². The van der Waals surface area contributed by atoms with Crippen LogP contribution in [0.3, 0.4) is 0 Å². The molecule has 0 bridgehead atoms. The summed E-state index contributed by atoms with van der Waals surface area (Å²) in [6, 6.07) is 2.27. The van der Waals surface area contributed by atoms with Crippen molar-refractivity contribution in [3.05, 3.63) is 17.5 Å². The third kappa shape index (κ3) is 4.91. The van der Waals surface area contributed by atoms with E-state index in [2.05, 4.69) is 48.9 Å². The van der Waals surface area contributed by atoms with Crippen LogP contribution in [-0.2, 0) is 24.1 Å². The third-order valence-corrected chi connectivity index (χ3v) is 4.07. The Morgan fingerprint density at radius 2 is 2.10 bits per heavy atom. The summed E-state index contributed by atoms with van der Waals surface area (Å²) in [6.07, 6.45) is 3.24. The molecule has 0 saturated heterocycles. The second-order valence-corrected chi connectivity index (χ2v) is 5.81. The van der Waals surface area contributed by atoms with Gasteiger partial charge in [-0.15, -0.1) is 0 Å². The number of hydrogen-bond donors (Lipinski definition) is 1. The van der Waals surface area contributed by atoms with Crippen LogP contribution in [0, 0.1) is 5.41 Å². The monoisotopic (exact) mass is 281 g/mol. The van der Waals surface area contributed by atoms with Gasteiger partial charge in [0.1, 0.15) is 0 Å². The maximum absolute atomic E-state index is 5.09. The highest BCUT2D eigenvalue weighted by atomic mass is 16.5. The number of nitrogens with zero attached hydrogens (tertiary/aromatic N) is 2. The molecule has 1 aromatic rings. The lowest BCUT2D eigenvalue weighted by Gasteiger charge is -2.29. The van der Waals surface area contributed by atoms with E-state index in [1.165, 1.54) is 11.4 Å². The van der Waals surface area contributed by atoms with Gasteiger partial charge >= 0.3 is 0 Å². The number of ether oxygens (including phenoxy) is 1. The summed E-state index contributed by atoms with van der Waals surface area (Å²) < 4.78 is 7.24. The van der Waals surface area contributed by atoms with Crippen molar-refractivity contribution in [2.45, 2.75) is 53.5 Å². The predicted octanol–water partition coefficient (Wildman–Crippen LogP) is 2.66. The number of rotatable bonds is 10. The third-order valence-electron chi connectivity index (χ3n) is 4.07. The summed E-state index contributed by atoms with van der Waals surface area (Å²) in [4.78, 5) is 0. The average molecular weight is 281 g/mol. The minimum Gasteiger partial charge on any atom is -0.383 e. The van der Waals surface area contributed by atoms with Gasteiger partial charge in [-0.05, 0) is 37.7 Å². The summed E-state index contributed by atoms with van der Waals surface area (Å²) >= 11 is 0. The molecule has 0 radical (unpaired) electrons. The minimum absolute atomic E-state index is 0.270. The fourth-order valence-corrected chi connectivity index (χ4v) is 2.42. The Balaban J connectivity index is 2.68. The molecule has 0 aliphatic rings. The number of nitrogens with one attached hydrogen (secondary N) is 1. The fourth-order valence-electron chi connectivity index (χ4n) is 2.42. The zero-order valence-corrected chi connectivity index (χ0v) is 13.8. The van der Waals surface area contributed by atoms with Crippen LogP contribution in [0.1, 0.15) is 45.5 Å². The number of aromatic nitrogens is 2. The highest BCUT2D eigenvalue weighted by Crippen LogP contribution is 2.26. The number of methoxy groups -OCH3 is 1. The van der Waals surface area contributed by atoms with Gasteiger partial charge in [-0.2, -0.15) is 5.10 Å². The lowest BCUT2D eigenvalue weighted by atomic mass is 9.82. The molecule has 0 aliphatic heterocycles. The summed E-state index contributed by atoms with van der Waals surface area (Å²) in [6.45, 7) is 12.6. The summed E-state index contributed by atoms with van der Waals surface area (Å²) in [5, 5.41) is 8.15. The van der Waals surface area contributed by atoms with Crippen LogP contribution < -0.4 is 5.32 Å². The van der Waals surface area contributed by atoms with E-state index in [0.29, 0.717) is 0 Å². The van der Waals surface area contributed by atoms with E-state index in [4.69, 9.17) is 4.74 Å². The molecule has 1 unspecified atom stereocenters. The van der Waals surface area contributed by atoms with E-state index < -0.39 is 0 Å². The fraction of sp³-hybridized carbons (Fsp3) is 0.812. The van der Waals surface area contributed by atoms with Crippen molar-refractivity contribution in [1.82, 2.24) is 15.1 Å². The standard InChI is InChI=1S/C16H31N3O/c1-6-14-11-15(19(8-3)18-14)12-16(4,7-2)13-17-9-10-20-5/h11,17H,6-10,12-13H2,1-5H3. The predicted molar refractivity (Wildman–Crippen MR) is 84.1 cm³/mol. The molecule has 4 nitrogen and oxygen atoms in total. The van der Waals surface area contributed by atoms with Crippen LogP contribution >= 0.6 is 0 Å². The van der Waals surface area contributed by atoms with Crippen LogP contribution in [0.2, 0.25) is 0 Å². The maximum Gasteiger partial charge on any atom is 0.0624 e. The molecule has 1 heterocycles. The molecule has 4 heteroatoms. The molecular formula is C16H31N3O. The first-order valence-corrected chi connectivity index (χ1v) is 7.83. The molecule has 116 valence electrons. The number of hydrogen-bond acceptors (Lipinski definition) is 3. The first-order valence-electron chi connectivity index (χ1n) is 7.83. The highest BCUT2D eigenvalue weighted by Gasteiger charge is 2.24. The van der Waals surface area contributed by atoms with Crippen LogP contribution in [0.4, 0.5) is 0 Å². The molecule has 20 heavy (non-hydrogen) atoms. The van der Waals surface area contributed by atoms with Gasteiger partial charge in [0.15, 0.2) is 0 Å². The van der Waals surface area contributed by atoms with Crippen LogP contribution in [-0.4, -0.2) is 36.6 Å². The largest absolute Gasteiger partial charge is 0.383 e. The molecule has 0 saturated carbocycles. The Kier molecular flexibility index (Phi) is 7.24. The SMILES string of the molecule is CCc1cc(CC(C)(CC)CNCCOC)n(CC)n1. The molecule has 0 aliphatic carbocycles. The first-order chi connectivity index (χ1) is 9.58. The maximum atomic E-state index is 5.09. The molecule has 0 spiro atoms. The zero-order chi connectivity index (χ0) is 15.0. The topological polar surface area (TPSA) is 39.1 Å². The van der Waals surface area contributed by atoms with Crippen LogP contribution in [0.25, 0.3) is 0 Å². The van der Waals surface area contributed by atoms with E-state index in [-0.39, 0.29) is 5.41 Å². The molecule has 1 N–H and O–H groups in total. The zero-order valence-electron chi connectivity index (χ0n) is 13.8. The molecule has 0 amide bonds. The van der Waals surface area contributed by atoms with Crippen LogP contribution in [0.5, 0.6) is 0 Å². The smallest absolute Gasteiger partial charge is 0.0624 e. The first kappa shape index (κ1) is 17.2. The molecular weight excluding hydrogens is 250 g/mol. The van der Waals surface area contributed by atoms with Crippen molar-refractivity contribution >= 4 is 0 Å². The van der Waals surface area contributed by atoms with Crippen molar-refractivity contribution < 1.29 is 4.74 Å². The Morgan fingerprint density at radius 3 is 2.65 bits per heavy atom. The van der Waals surface area contributed by atoms with Crippen molar-refractivity contribution in [3.63, 3.8) is 0 Å². The highest BCUT2D eigenvalue weighted by molar-refractivity contribution is 5.12. The van der Waals surface area contributed by atoms with E-state index in [1.54, 1.807) is 7.11 Å². The molecule has 1 atom stereocenters. The van der Waals surface area contributed by atoms with Gasteiger partial charge in [0.25, 0.3) is 0 Å². The van der Waals surface area contributed by atoms with Gasteiger partial charge in [0, 0.05) is 32.4 Å². The van der Waals surface area contributed by atoms with Gasteiger partial charge in [-0.3, -0.25) is 4.68 Å². The lowest BCUT2D eigenvalue weighted by molar-refractivity contribution is 0.190. The second-order valence-electron chi connectivity index (χ2n) is 5.81. The van der Waals surface area contributed by atoms with Gasteiger partial charge in [0.2, 0.25) is 0 Å². The van der Waals surface area contributed by atoms with Gasteiger partial charge < -0.3 is 10.1 Å². The van der Waals surface area contributed by atoms with E-state index >= 15 is 0 Å². The van der Waals surface area contributed by atoms with Gasteiger partial charge in [-0.25, -0.2) is 0 Å². The summed E-state index contributed by atoms with van der Waals surface area (Å²) in [5.41, 5.74) is 2.83. The molecule has 0 fully saturated rings. The van der Waals surface area contributed by atoms with Crippen molar-refractivity contribution in [2.75, 3.05) is 26.8 Å². The quantitative estimate of drug-likeness (QED) is 0.670. The van der Waals surface area contributed by atoms with E-state index in [9.17, 15) is 0 Å². The van der Waals surface area contributed by atoms with Crippen molar-refractivity contribution in [3.8, 4) is 0 Å². The van der Waals surface area contributed by atoms with Crippen molar-refractivity contribution in [2.24, 2.45) is 5.41 Å². The minimum atomic E-state index is 0.270. The Labute approximate surface area is 123 Å². The van der Waals surface area contributed by atoms with Gasteiger partial charge in [-0.1, -0.05) is 20.8 Å². The normalized spacial score (nSPS) is 14.4. The van der Waals surface area contributed by atoms with Gasteiger partial charge in [0.05, 0.1) is 12.3 Å². The Bertz CT molecular complexity index is 389. The lowest BCUT2D eigenvalue weighted by Crippen LogP contribution is -2.35. The molecule has 0 aromatic carbocycles. The number of aryl methyl sites for hydroxylation is 2. The van der Waals surface area contributed by atoms with E-state index in [1.807, 2.05) is 0 Å². The Morgan fingerprint density at radius 1 is 1.35 bits per heavy atom. The molecule has 1 rings (SSSR count). The Hall–Kier alpha value is -0.870. The molecule has 1 aromatic heterocycles. The average Bonchev–Trinajstić information content (AvgIpc) is 2.85.